The molecule has 96 valence electrons. The molecular weight excluding hydrogens is 283 g/mol. The molecule has 2 heterocycles. The fraction of sp³-hybridized carbons (Fsp3) is 0.0769. The maximum atomic E-state index is 6.05. The summed E-state index contributed by atoms with van der Waals surface area (Å²) < 4.78 is 1.72. The van der Waals surface area contributed by atoms with Crippen molar-refractivity contribution in [1.29, 1.82) is 0 Å². The minimum Gasteiger partial charge on any atom is -0.366 e. The molecule has 2 aromatic heterocycles. The molecule has 0 aliphatic heterocycles. The Bertz CT molecular complexity index is 780. The number of rotatable bonds is 1. The van der Waals surface area contributed by atoms with Crippen LogP contribution in [0.5, 0.6) is 0 Å². The van der Waals surface area contributed by atoms with Crippen LogP contribution in [0.25, 0.3) is 16.8 Å². The highest BCUT2D eigenvalue weighted by atomic mass is 35.5. The van der Waals surface area contributed by atoms with Crippen molar-refractivity contribution < 1.29 is 0 Å². The number of benzene rings is 1. The van der Waals surface area contributed by atoms with Gasteiger partial charge in [-0.3, -0.25) is 0 Å². The maximum absolute atomic E-state index is 6.05. The van der Waals surface area contributed by atoms with Gasteiger partial charge in [-0.15, -0.1) is 5.10 Å². The predicted molar refractivity (Wildman–Crippen MR) is 77.6 cm³/mol. The average molecular weight is 293 g/mol. The van der Waals surface area contributed by atoms with E-state index in [1.807, 2.05) is 31.2 Å². The number of aryl methyl sites for hydroxylation is 1. The number of hydrogen-bond donors (Lipinski definition) is 1. The summed E-state index contributed by atoms with van der Waals surface area (Å²) in [4.78, 5) is 4.12. The Kier molecular flexibility index (Phi) is 2.84. The monoisotopic (exact) mass is 292 g/mol. The number of nitrogen functional groups attached to an aromatic ring is 1. The SMILES string of the molecule is Cc1c(-c2ccc(Cl)c(Cl)c2)ccc2nc(N)nn12. The average Bonchev–Trinajstić information content (AvgIpc) is 2.75. The van der Waals surface area contributed by atoms with Crippen LogP contribution in [0.15, 0.2) is 30.3 Å². The number of nitrogens with zero attached hydrogens (tertiary/aromatic N) is 3. The van der Waals surface area contributed by atoms with Crippen molar-refractivity contribution >= 4 is 34.8 Å². The van der Waals surface area contributed by atoms with E-state index in [0.29, 0.717) is 10.0 Å². The Hall–Kier alpha value is -1.78. The molecular formula is C13H10Cl2N4. The number of hydrogen-bond acceptors (Lipinski definition) is 3. The quantitative estimate of drug-likeness (QED) is 0.746. The predicted octanol–water partition coefficient (Wildman–Crippen LogP) is 3.59. The molecule has 19 heavy (non-hydrogen) atoms. The molecule has 0 radical (unpaired) electrons. The molecule has 0 bridgehead atoms. The second kappa shape index (κ2) is 4.40. The molecule has 2 N–H and O–H groups in total. The number of aromatic nitrogens is 3. The first-order valence-corrected chi connectivity index (χ1v) is 6.39. The number of anilines is 1. The van der Waals surface area contributed by atoms with Gasteiger partial charge in [-0.1, -0.05) is 29.3 Å². The summed E-state index contributed by atoms with van der Waals surface area (Å²) in [6, 6.07) is 9.37. The minimum absolute atomic E-state index is 0.259. The Labute approximate surface area is 119 Å². The lowest BCUT2D eigenvalue weighted by molar-refractivity contribution is 0.922. The second-order valence-corrected chi connectivity index (χ2v) is 5.02. The van der Waals surface area contributed by atoms with Gasteiger partial charge in [0.2, 0.25) is 5.95 Å². The molecule has 0 aliphatic rings. The van der Waals surface area contributed by atoms with Crippen LogP contribution in [0.2, 0.25) is 10.0 Å². The van der Waals surface area contributed by atoms with Gasteiger partial charge in [0.1, 0.15) is 0 Å². The van der Waals surface area contributed by atoms with Gasteiger partial charge >= 0.3 is 0 Å². The topological polar surface area (TPSA) is 56.2 Å². The van der Waals surface area contributed by atoms with E-state index < -0.39 is 0 Å². The zero-order chi connectivity index (χ0) is 13.6. The molecule has 0 atom stereocenters. The molecule has 0 aliphatic carbocycles. The van der Waals surface area contributed by atoms with Gasteiger partial charge in [-0.2, -0.15) is 4.98 Å². The third-order valence-electron chi connectivity index (χ3n) is 2.99. The molecule has 0 unspecified atom stereocenters. The van der Waals surface area contributed by atoms with Crippen molar-refractivity contribution in [2.24, 2.45) is 0 Å². The van der Waals surface area contributed by atoms with Crippen molar-refractivity contribution in [2.45, 2.75) is 6.92 Å². The van der Waals surface area contributed by atoms with Gasteiger partial charge < -0.3 is 5.73 Å². The van der Waals surface area contributed by atoms with E-state index in [9.17, 15) is 0 Å². The van der Waals surface area contributed by atoms with Crippen LogP contribution < -0.4 is 5.73 Å². The summed E-state index contributed by atoms with van der Waals surface area (Å²) >= 11 is 12.0. The van der Waals surface area contributed by atoms with E-state index in [1.54, 1.807) is 10.6 Å². The van der Waals surface area contributed by atoms with Crippen molar-refractivity contribution in [3.05, 3.63) is 46.1 Å². The van der Waals surface area contributed by atoms with Crippen molar-refractivity contribution in [3.63, 3.8) is 0 Å². The van der Waals surface area contributed by atoms with E-state index in [0.717, 1.165) is 22.5 Å². The summed E-state index contributed by atoms with van der Waals surface area (Å²) in [7, 11) is 0. The fourth-order valence-corrected chi connectivity index (χ4v) is 2.35. The molecule has 6 heteroatoms. The molecule has 3 rings (SSSR count). The van der Waals surface area contributed by atoms with E-state index in [4.69, 9.17) is 28.9 Å². The summed E-state index contributed by atoms with van der Waals surface area (Å²) in [6.45, 7) is 1.96. The number of halogens is 2. The standard InChI is InChI=1S/C13H10Cl2N4/c1-7-9(8-2-4-10(14)11(15)6-8)3-5-12-17-13(16)18-19(7)12/h2-6H,1H3,(H2,16,18). The lowest BCUT2D eigenvalue weighted by atomic mass is 10.0. The van der Waals surface area contributed by atoms with E-state index >= 15 is 0 Å². The molecule has 3 aromatic rings. The van der Waals surface area contributed by atoms with E-state index in [-0.39, 0.29) is 5.95 Å². The zero-order valence-corrected chi connectivity index (χ0v) is 11.6. The molecule has 0 amide bonds. The minimum atomic E-state index is 0.259. The first-order chi connectivity index (χ1) is 9.06. The van der Waals surface area contributed by atoms with Crippen LogP contribution in [-0.2, 0) is 0 Å². The van der Waals surface area contributed by atoms with Crippen LogP contribution in [0.3, 0.4) is 0 Å². The molecule has 4 nitrogen and oxygen atoms in total. The third kappa shape index (κ3) is 2.03. The molecule has 0 spiro atoms. The van der Waals surface area contributed by atoms with Crippen LogP contribution in [0.1, 0.15) is 5.69 Å². The van der Waals surface area contributed by atoms with Crippen molar-refractivity contribution in [3.8, 4) is 11.1 Å². The second-order valence-electron chi connectivity index (χ2n) is 4.20. The van der Waals surface area contributed by atoms with Crippen molar-refractivity contribution in [2.75, 3.05) is 5.73 Å². The zero-order valence-electron chi connectivity index (χ0n) is 10.1. The van der Waals surface area contributed by atoms with Crippen LogP contribution >= 0.6 is 23.2 Å². The number of pyridine rings is 1. The summed E-state index contributed by atoms with van der Waals surface area (Å²) in [5.74, 6) is 0.259. The Morgan fingerprint density at radius 1 is 1.11 bits per heavy atom. The summed E-state index contributed by atoms with van der Waals surface area (Å²) in [5.41, 5.74) is 9.26. The van der Waals surface area contributed by atoms with E-state index in [2.05, 4.69) is 10.1 Å². The molecule has 0 saturated heterocycles. The smallest absolute Gasteiger partial charge is 0.240 e. The van der Waals surface area contributed by atoms with Gasteiger partial charge in [-0.25, -0.2) is 4.52 Å². The van der Waals surface area contributed by atoms with Gasteiger partial charge in [0.05, 0.1) is 10.0 Å². The molecule has 0 saturated carbocycles. The Morgan fingerprint density at radius 2 is 1.89 bits per heavy atom. The first-order valence-electron chi connectivity index (χ1n) is 5.63. The van der Waals surface area contributed by atoms with Crippen LogP contribution in [-0.4, -0.2) is 14.6 Å². The Balaban J connectivity index is 2.24. The first kappa shape index (κ1) is 12.3. The number of fused-ring (bicyclic) bond motifs is 1. The molecule has 0 fully saturated rings. The Morgan fingerprint density at radius 3 is 2.63 bits per heavy atom. The van der Waals surface area contributed by atoms with Gasteiger partial charge in [0.15, 0.2) is 5.65 Å². The molecule has 1 aromatic carbocycles. The highest BCUT2D eigenvalue weighted by molar-refractivity contribution is 6.42. The third-order valence-corrected chi connectivity index (χ3v) is 3.72. The number of nitrogens with two attached hydrogens (primary N) is 1. The lowest BCUT2D eigenvalue weighted by Gasteiger charge is -2.08. The largest absolute Gasteiger partial charge is 0.366 e. The lowest BCUT2D eigenvalue weighted by Crippen LogP contribution is -1.97. The van der Waals surface area contributed by atoms with Crippen LogP contribution in [0, 0.1) is 6.92 Å². The highest BCUT2D eigenvalue weighted by Gasteiger charge is 2.10. The maximum Gasteiger partial charge on any atom is 0.240 e. The van der Waals surface area contributed by atoms with Crippen molar-refractivity contribution in [1.82, 2.24) is 14.6 Å². The fourth-order valence-electron chi connectivity index (χ4n) is 2.06. The van der Waals surface area contributed by atoms with Gasteiger partial charge in [-0.05, 0) is 36.8 Å². The highest BCUT2D eigenvalue weighted by Crippen LogP contribution is 2.30. The van der Waals surface area contributed by atoms with Gasteiger partial charge in [0.25, 0.3) is 0 Å². The summed E-state index contributed by atoms with van der Waals surface area (Å²) in [6.07, 6.45) is 0. The van der Waals surface area contributed by atoms with E-state index in [1.165, 1.54) is 0 Å². The van der Waals surface area contributed by atoms with Gasteiger partial charge in [0, 0.05) is 11.3 Å². The summed E-state index contributed by atoms with van der Waals surface area (Å²) in [5, 5.41) is 5.22. The normalized spacial score (nSPS) is 11.1. The van der Waals surface area contributed by atoms with Crippen LogP contribution in [0.4, 0.5) is 5.95 Å².